The Balaban J connectivity index is 0.000000388. The van der Waals surface area contributed by atoms with Gasteiger partial charge in [0.15, 0.2) is 9.84 Å². The Morgan fingerprint density at radius 2 is 1.08 bits per heavy atom. The van der Waals surface area contributed by atoms with Crippen LogP contribution < -0.4 is 0 Å². The number of nitrogens with zero attached hydrogens (tertiary/aromatic N) is 5. The molecule has 5 heterocycles. The van der Waals surface area contributed by atoms with Crippen LogP contribution in [0.15, 0.2) is 0 Å². The third-order valence-corrected chi connectivity index (χ3v) is 17.2. The Labute approximate surface area is 394 Å². The van der Waals surface area contributed by atoms with E-state index in [1.54, 1.807) is 0 Å². The summed E-state index contributed by atoms with van der Waals surface area (Å²) in [5.41, 5.74) is 1.28. The molecule has 0 aromatic heterocycles. The average Bonchev–Trinajstić information content (AvgIpc) is 3.93. The average molecular weight is 937 g/mol. The second-order valence-corrected chi connectivity index (χ2v) is 29.5. The third kappa shape index (κ3) is 19.4. The van der Waals surface area contributed by atoms with Crippen molar-refractivity contribution in [3.63, 3.8) is 0 Å². The lowest BCUT2D eigenvalue weighted by atomic mass is 9.83. The number of ether oxygens (including phenoxy) is 1. The van der Waals surface area contributed by atoms with E-state index in [0.717, 1.165) is 43.0 Å². The predicted molar refractivity (Wildman–Crippen MR) is 275 cm³/mol. The molecule has 0 spiro atoms. The van der Waals surface area contributed by atoms with Crippen LogP contribution in [0.3, 0.4) is 0 Å². The van der Waals surface area contributed by atoms with Crippen molar-refractivity contribution in [2.45, 2.75) is 238 Å². The maximum atomic E-state index is 11.5. The second-order valence-electron chi connectivity index (χ2n) is 24.9. The normalized spacial score (nSPS) is 28.4. The van der Waals surface area contributed by atoms with Gasteiger partial charge in [0.2, 0.25) is 0 Å². The Morgan fingerprint density at radius 3 is 1.40 bits per heavy atom. The minimum absolute atomic E-state index is 0.154. The summed E-state index contributed by atoms with van der Waals surface area (Å²) in [6.45, 7) is 57.0. The smallest absolute Gasteiger partial charge is 0.165 e. The standard InChI is InChI=1S/C12H25N.C10H21NOS.C10H21NS.C9H19NO2S.C9H19NO/c1-11(2,3)10-8-7-9-13(10)12(4,5)6;1-8(2)9-6-13(12)7-11(9)10(3,4)5;1-8(2)9-6-12-7-11(9)10(3,4)5;1-7(2)9-5-13(11,12)6-10(9)8(3)4;1-7(2)9-5-11-6-10(9)8(3)4/h10H,7-9H2,1-6H3;8-9H,6-7H2,1-5H3;8-9H,6-7H2,1-5H3;7-9H,5-6H2,1-4H3;7-9H,5-6H2,1-4H3. The number of thioether (sulfide) groups is 1. The van der Waals surface area contributed by atoms with Crippen molar-refractivity contribution in [1.29, 1.82) is 0 Å². The molecule has 6 atom stereocenters. The van der Waals surface area contributed by atoms with E-state index in [0.29, 0.717) is 64.2 Å². The molecule has 12 heteroatoms. The molecule has 5 saturated heterocycles. The fourth-order valence-corrected chi connectivity index (χ4v) is 15.2. The summed E-state index contributed by atoms with van der Waals surface area (Å²) in [5.74, 6) is 7.24. The quantitative estimate of drug-likeness (QED) is 0.257. The van der Waals surface area contributed by atoms with Gasteiger partial charge in [-0.05, 0) is 138 Å². The number of likely N-dealkylation sites (tertiary alicyclic amines) is 1. The van der Waals surface area contributed by atoms with Crippen LogP contribution in [0.1, 0.15) is 179 Å². The van der Waals surface area contributed by atoms with Gasteiger partial charge in [-0.25, -0.2) is 8.42 Å². The van der Waals surface area contributed by atoms with Crippen LogP contribution in [-0.2, 0) is 25.4 Å². The zero-order valence-electron chi connectivity index (χ0n) is 45.2. The van der Waals surface area contributed by atoms with Crippen molar-refractivity contribution in [1.82, 2.24) is 24.5 Å². The first kappa shape index (κ1) is 60.2. The van der Waals surface area contributed by atoms with Crippen molar-refractivity contribution in [2.24, 2.45) is 29.1 Å². The summed E-state index contributed by atoms with van der Waals surface area (Å²) in [4.78, 5) is 12.2. The number of hydrogen-bond acceptors (Lipinski definition) is 10. The van der Waals surface area contributed by atoms with Crippen molar-refractivity contribution in [3.05, 3.63) is 0 Å². The van der Waals surface area contributed by atoms with E-state index in [1.807, 2.05) is 0 Å². The highest BCUT2D eigenvalue weighted by Gasteiger charge is 2.41. The van der Waals surface area contributed by atoms with Crippen LogP contribution in [0.25, 0.3) is 0 Å². The van der Waals surface area contributed by atoms with Gasteiger partial charge in [-0.2, -0.15) is 0 Å². The van der Waals surface area contributed by atoms with Crippen molar-refractivity contribution < 1.29 is 17.4 Å². The Morgan fingerprint density at radius 1 is 0.613 bits per heavy atom. The zero-order chi connectivity index (χ0) is 48.5. The fraction of sp³-hybridized carbons (Fsp3) is 1.00. The van der Waals surface area contributed by atoms with Crippen molar-refractivity contribution >= 4 is 32.4 Å². The molecule has 62 heavy (non-hydrogen) atoms. The first-order valence-corrected chi connectivity index (χ1v) is 28.9. The van der Waals surface area contributed by atoms with Crippen molar-refractivity contribution in [2.75, 3.05) is 54.8 Å². The van der Waals surface area contributed by atoms with Crippen LogP contribution in [0.4, 0.5) is 0 Å². The molecule has 0 aromatic carbocycles. The van der Waals surface area contributed by atoms with Crippen LogP contribution >= 0.6 is 11.8 Å². The van der Waals surface area contributed by atoms with E-state index in [2.05, 4.69) is 202 Å². The summed E-state index contributed by atoms with van der Waals surface area (Å²) < 4.78 is 39.7. The molecule has 0 radical (unpaired) electrons. The van der Waals surface area contributed by atoms with E-state index < -0.39 is 20.6 Å². The lowest BCUT2D eigenvalue weighted by Gasteiger charge is -2.43. The fourth-order valence-electron chi connectivity index (χ4n) is 9.42. The molecule has 0 aromatic rings. The molecule has 5 rings (SSSR count). The van der Waals surface area contributed by atoms with Crippen molar-refractivity contribution in [3.8, 4) is 0 Å². The molecule has 5 fully saturated rings. The summed E-state index contributed by atoms with van der Waals surface area (Å²) in [6, 6.07) is 3.85. The topological polar surface area (TPSA) is 76.6 Å². The van der Waals surface area contributed by atoms with Gasteiger partial charge < -0.3 is 4.74 Å². The Kier molecular flexibility index (Phi) is 24.3. The first-order chi connectivity index (χ1) is 27.9. The maximum absolute atomic E-state index is 11.5. The first-order valence-electron chi connectivity index (χ1n) is 24.5. The summed E-state index contributed by atoms with van der Waals surface area (Å²) in [6.07, 6.45) is 2.75. The minimum Gasteiger partial charge on any atom is -0.364 e. The van der Waals surface area contributed by atoms with Gasteiger partial charge in [0, 0.05) is 87.1 Å². The van der Waals surface area contributed by atoms with Crippen LogP contribution in [-0.4, -0.2) is 151 Å². The van der Waals surface area contributed by atoms with E-state index in [4.69, 9.17) is 4.74 Å². The molecule has 0 N–H and O–H groups in total. The third-order valence-electron chi connectivity index (χ3n) is 13.4. The van der Waals surface area contributed by atoms with Crippen LogP contribution in [0.5, 0.6) is 0 Å². The lowest BCUT2D eigenvalue weighted by molar-refractivity contribution is 0.0582. The molecule has 0 saturated carbocycles. The van der Waals surface area contributed by atoms with Gasteiger partial charge >= 0.3 is 0 Å². The molecular weight excluding hydrogens is 831 g/mol. The molecule has 372 valence electrons. The van der Waals surface area contributed by atoms with Gasteiger partial charge in [-0.1, -0.05) is 76.2 Å². The van der Waals surface area contributed by atoms with E-state index >= 15 is 0 Å². The van der Waals surface area contributed by atoms with Gasteiger partial charge in [0.25, 0.3) is 0 Å². The molecule has 9 nitrogen and oxygen atoms in total. The molecule has 5 aliphatic heterocycles. The summed E-state index contributed by atoms with van der Waals surface area (Å²) in [5, 5.41) is 0. The molecule has 0 aliphatic carbocycles. The molecule has 6 unspecified atom stereocenters. The molecule has 0 amide bonds. The van der Waals surface area contributed by atoms with Gasteiger partial charge in [-0.15, -0.1) is 11.8 Å². The monoisotopic (exact) mass is 936 g/mol. The minimum atomic E-state index is -2.81. The lowest BCUT2D eigenvalue weighted by Crippen LogP contribution is -2.49. The van der Waals surface area contributed by atoms with Crippen LogP contribution in [0.2, 0.25) is 0 Å². The second kappa shape index (κ2) is 25.0. The van der Waals surface area contributed by atoms with E-state index in [-0.39, 0.29) is 17.5 Å². The molecule has 5 aliphatic rings. The van der Waals surface area contributed by atoms with Gasteiger partial charge in [0.1, 0.15) is 5.88 Å². The van der Waals surface area contributed by atoms with E-state index in [9.17, 15) is 12.6 Å². The summed E-state index contributed by atoms with van der Waals surface area (Å²) >= 11 is 2.07. The largest absolute Gasteiger partial charge is 0.364 e. The highest BCUT2D eigenvalue weighted by atomic mass is 32.2. The maximum Gasteiger partial charge on any atom is 0.165 e. The SMILES string of the molecule is CC(C)(C)C1CCCN1C(C)(C)C.CC(C)C1COCN1C(C)C.CC(C)C1CS(=O)(=O)CN1C(C)C.CC(C)C1CS(=O)CN1C(C)(C)C.CC(C)C1CSCN1C(C)(C)C. The summed E-state index contributed by atoms with van der Waals surface area (Å²) in [7, 11) is -3.43. The molecule has 0 bridgehead atoms. The van der Waals surface area contributed by atoms with E-state index in [1.165, 1.54) is 31.0 Å². The number of hydrogen-bond donors (Lipinski definition) is 0. The highest BCUT2D eigenvalue weighted by Crippen LogP contribution is 2.37. The van der Waals surface area contributed by atoms with Gasteiger partial charge in [0.05, 0.1) is 25.0 Å². The molecular formula is C50H105N5O4S3. The number of sulfone groups is 1. The highest BCUT2D eigenvalue weighted by molar-refractivity contribution is 7.99. The predicted octanol–water partition coefficient (Wildman–Crippen LogP) is 10.8. The Hall–Kier alpha value is 0.210. The number of rotatable bonds is 6. The van der Waals surface area contributed by atoms with Crippen LogP contribution in [0, 0.1) is 29.1 Å². The Bertz CT molecular complexity index is 1350. The zero-order valence-corrected chi connectivity index (χ0v) is 47.7. The van der Waals surface area contributed by atoms with Gasteiger partial charge in [-0.3, -0.25) is 28.7 Å².